The summed E-state index contributed by atoms with van der Waals surface area (Å²) < 4.78 is 26.1. The molecule has 0 saturated heterocycles. The van der Waals surface area contributed by atoms with Crippen LogP contribution in [0.1, 0.15) is 21.9 Å². The number of esters is 1. The van der Waals surface area contributed by atoms with Crippen LogP contribution in [0, 0.1) is 12.7 Å². The van der Waals surface area contributed by atoms with Gasteiger partial charge in [-0.1, -0.05) is 30.3 Å². The summed E-state index contributed by atoms with van der Waals surface area (Å²) in [6, 6.07) is 16.3. The van der Waals surface area contributed by atoms with Crippen molar-refractivity contribution in [1.82, 2.24) is 9.78 Å². The number of benzene rings is 2. The van der Waals surface area contributed by atoms with E-state index in [1.807, 2.05) is 18.2 Å². The van der Waals surface area contributed by atoms with Crippen molar-refractivity contribution in [3.8, 4) is 5.69 Å². The maximum atomic E-state index is 14.1. The zero-order valence-corrected chi connectivity index (χ0v) is 14.9. The van der Waals surface area contributed by atoms with Crippen LogP contribution in [0.25, 0.3) is 16.7 Å². The Morgan fingerprint density at radius 1 is 1.14 bits per heavy atom. The van der Waals surface area contributed by atoms with Gasteiger partial charge >= 0.3 is 5.97 Å². The smallest absolute Gasteiger partial charge is 0.363 e. The summed E-state index contributed by atoms with van der Waals surface area (Å²) in [6.45, 7) is 1.45. The van der Waals surface area contributed by atoms with Gasteiger partial charge in [-0.25, -0.2) is 13.9 Å². The van der Waals surface area contributed by atoms with Gasteiger partial charge in [0.15, 0.2) is 0 Å². The molecule has 0 amide bonds. The molecule has 6 nitrogen and oxygen atoms in total. The van der Waals surface area contributed by atoms with E-state index in [1.165, 1.54) is 22.9 Å². The first-order valence-corrected chi connectivity index (χ1v) is 8.53. The highest BCUT2D eigenvalue weighted by molar-refractivity contribution is 5.87. The highest BCUT2D eigenvalue weighted by Crippen LogP contribution is 2.19. The largest absolute Gasteiger partial charge is 0.457 e. The van der Waals surface area contributed by atoms with Crippen LogP contribution in [0.2, 0.25) is 0 Å². The lowest BCUT2D eigenvalue weighted by Crippen LogP contribution is -2.24. The molecule has 2 aromatic heterocycles. The molecule has 0 aliphatic carbocycles. The highest BCUT2D eigenvalue weighted by atomic mass is 19.1. The zero-order chi connectivity index (χ0) is 19.7. The Morgan fingerprint density at radius 2 is 1.89 bits per heavy atom. The van der Waals surface area contributed by atoms with E-state index in [1.54, 1.807) is 31.2 Å². The standard InChI is InChI=1S/C21H15FN2O4/c1-13-10-18(25)20(23-24(13)17-8-4-3-7-16(17)22)21(26)27-12-15-11-14-6-2-5-9-19(14)28-15/h2-11H,12H2,1H3. The average molecular weight is 378 g/mol. The monoisotopic (exact) mass is 378 g/mol. The Hall–Kier alpha value is -3.74. The van der Waals surface area contributed by atoms with E-state index in [2.05, 4.69) is 5.10 Å². The van der Waals surface area contributed by atoms with Gasteiger partial charge in [0, 0.05) is 17.1 Å². The minimum atomic E-state index is -0.907. The van der Waals surface area contributed by atoms with E-state index < -0.39 is 22.9 Å². The fraction of sp³-hybridized carbons (Fsp3) is 0.0952. The molecule has 140 valence electrons. The summed E-state index contributed by atoms with van der Waals surface area (Å²) in [7, 11) is 0. The third-order valence-electron chi connectivity index (χ3n) is 4.20. The Morgan fingerprint density at radius 3 is 2.68 bits per heavy atom. The number of para-hydroxylation sites is 2. The Kier molecular flexibility index (Phi) is 4.49. The van der Waals surface area contributed by atoms with Gasteiger partial charge in [0.05, 0.1) is 0 Å². The van der Waals surface area contributed by atoms with Crippen LogP contribution in [-0.4, -0.2) is 15.7 Å². The van der Waals surface area contributed by atoms with E-state index in [9.17, 15) is 14.0 Å². The average Bonchev–Trinajstić information content (AvgIpc) is 3.10. The van der Waals surface area contributed by atoms with Crippen molar-refractivity contribution in [3.63, 3.8) is 0 Å². The van der Waals surface area contributed by atoms with Gasteiger partial charge in [-0.15, -0.1) is 0 Å². The molecule has 4 aromatic rings. The van der Waals surface area contributed by atoms with Crippen molar-refractivity contribution in [3.05, 3.63) is 93.9 Å². The third-order valence-corrected chi connectivity index (χ3v) is 4.20. The van der Waals surface area contributed by atoms with Gasteiger partial charge in [0.25, 0.3) is 0 Å². The van der Waals surface area contributed by atoms with Crippen LogP contribution in [0.3, 0.4) is 0 Å². The van der Waals surface area contributed by atoms with Crippen molar-refractivity contribution >= 4 is 16.9 Å². The van der Waals surface area contributed by atoms with Crippen molar-refractivity contribution in [2.45, 2.75) is 13.5 Å². The van der Waals surface area contributed by atoms with E-state index in [0.717, 1.165) is 5.39 Å². The molecular weight excluding hydrogens is 363 g/mol. The van der Waals surface area contributed by atoms with Crippen molar-refractivity contribution in [2.24, 2.45) is 0 Å². The van der Waals surface area contributed by atoms with Crippen LogP contribution in [0.15, 0.2) is 69.9 Å². The maximum absolute atomic E-state index is 14.1. The fourth-order valence-electron chi connectivity index (χ4n) is 2.87. The number of fused-ring (bicyclic) bond motifs is 1. The Balaban J connectivity index is 1.61. The molecule has 7 heteroatoms. The molecule has 0 bridgehead atoms. The van der Waals surface area contributed by atoms with Gasteiger partial charge in [-0.3, -0.25) is 4.79 Å². The quantitative estimate of drug-likeness (QED) is 0.505. The van der Waals surface area contributed by atoms with Crippen LogP contribution in [0.4, 0.5) is 4.39 Å². The number of aromatic nitrogens is 2. The molecule has 0 radical (unpaired) electrons. The van der Waals surface area contributed by atoms with Crippen LogP contribution in [0.5, 0.6) is 0 Å². The number of aryl methyl sites for hydroxylation is 1. The maximum Gasteiger partial charge on any atom is 0.363 e. The molecule has 0 spiro atoms. The van der Waals surface area contributed by atoms with Gasteiger partial charge in [0.1, 0.15) is 29.5 Å². The lowest BCUT2D eigenvalue weighted by molar-refractivity contribution is 0.0436. The molecule has 2 aromatic carbocycles. The SMILES string of the molecule is Cc1cc(=O)c(C(=O)OCc2cc3ccccc3o2)nn1-c1ccccc1F. The van der Waals surface area contributed by atoms with Gasteiger partial charge in [0.2, 0.25) is 11.1 Å². The van der Waals surface area contributed by atoms with Gasteiger partial charge < -0.3 is 9.15 Å². The molecule has 0 aliphatic rings. The van der Waals surface area contributed by atoms with Gasteiger partial charge in [-0.2, -0.15) is 5.10 Å². The summed E-state index contributed by atoms with van der Waals surface area (Å²) in [4.78, 5) is 24.6. The fourth-order valence-corrected chi connectivity index (χ4v) is 2.87. The number of nitrogens with zero attached hydrogens (tertiary/aromatic N) is 2. The molecule has 0 unspecified atom stereocenters. The summed E-state index contributed by atoms with van der Waals surface area (Å²) in [5, 5.41) is 4.90. The molecule has 0 fully saturated rings. The highest BCUT2D eigenvalue weighted by Gasteiger charge is 2.18. The van der Waals surface area contributed by atoms with Crippen LogP contribution in [-0.2, 0) is 11.3 Å². The normalized spacial score (nSPS) is 10.9. The van der Waals surface area contributed by atoms with Crippen molar-refractivity contribution < 1.29 is 18.3 Å². The first-order valence-electron chi connectivity index (χ1n) is 8.53. The van der Waals surface area contributed by atoms with E-state index >= 15 is 0 Å². The minimum Gasteiger partial charge on any atom is -0.457 e. The second-order valence-corrected chi connectivity index (χ2v) is 6.19. The number of ether oxygens (including phenoxy) is 1. The summed E-state index contributed by atoms with van der Waals surface area (Å²) in [6.07, 6.45) is 0. The first-order chi connectivity index (χ1) is 13.5. The molecule has 0 atom stereocenters. The van der Waals surface area contributed by atoms with E-state index in [-0.39, 0.29) is 12.3 Å². The summed E-state index contributed by atoms with van der Waals surface area (Å²) >= 11 is 0. The van der Waals surface area contributed by atoms with E-state index in [0.29, 0.717) is 17.0 Å². The lowest BCUT2D eigenvalue weighted by Gasteiger charge is -2.11. The van der Waals surface area contributed by atoms with Gasteiger partial charge in [-0.05, 0) is 31.2 Å². The minimum absolute atomic E-state index is 0.131. The predicted molar refractivity (Wildman–Crippen MR) is 99.9 cm³/mol. The number of halogens is 1. The summed E-state index contributed by atoms with van der Waals surface area (Å²) in [5.74, 6) is -0.991. The predicted octanol–water partition coefficient (Wildman–Crippen LogP) is 3.78. The number of carbonyl (C=O) groups excluding carboxylic acids is 1. The molecule has 28 heavy (non-hydrogen) atoms. The van der Waals surface area contributed by atoms with Crippen molar-refractivity contribution in [2.75, 3.05) is 0 Å². The number of carbonyl (C=O) groups is 1. The second-order valence-electron chi connectivity index (χ2n) is 6.19. The summed E-state index contributed by atoms with van der Waals surface area (Å²) in [5.41, 5.74) is 0.170. The topological polar surface area (TPSA) is 74.3 Å². The Labute approximate surface area is 158 Å². The molecule has 0 aliphatic heterocycles. The zero-order valence-electron chi connectivity index (χ0n) is 14.9. The number of hydrogen-bond donors (Lipinski definition) is 0. The molecule has 4 rings (SSSR count). The third kappa shape index (κ3) is 3.29. The molecular formula is C21H15FN2O4. The first kappa shape index (κ1) is 17.7. The lowest BCUT2D eigenvalue weighted by atomic mass is 10.2. The van der Waals surface area contributed by atoms with E-state index in [4.69, 9.17) is 9.15 Å². The number of hydrogen-bond acceptors (Lipinski definition) is 5. The number of furan rings is 1. The van der Waals surface area contributed by atoms with Crippen molar-refractivity contribution in [1.29, 1.82) is 0 Å². The van der Waals surface area contributed by atoms with Crippen LogP contribution < -0.4 is 5.43 Å². The molecule has 0 saturated carbocycles. The van der Waals surface area contributed by atoms with Crippen LogP contribution >= 0.6 is 0 Å². The molecule has 2 heterocycles. The second kappa shape index (κ2) is 7.11. The Bertz CT molecular complexity index is 1210. The number of rotatable bonds is 4. The molecule has 0 N–H and O–H groups in total.